The highest BCUT2D eigenvalue weighted by Crippen LogP contribution is 2.49. The van der Waals surface area contributed by atoms with Crippen LogP contribution in [-0.4, -0.2) is 32.4 Å². The molecule has 0 aliphatic carbocycles. The summed E-state index contributed by atoms with van der Waals surface area (Å²) in [4.78, 5) is 46.7. The van der Waals surface area contributed by atoms with Crippen LogP contribution >= 0.6 is 7.60 Å². The molecule has 1 fully saturated rings. The lowest BCUT2D eigenvalue weighted by molar-refractivity contribution is -0.137. The molecular weight excluding hydrogens is 402 g/mol. The topological polar surface area (TPSA) is 116 Å². The minimum absolute atomic E-state index is 0.172. The number of H-pyrrole nitrogens is 1. The van der Waals surface area contributed by atoms with Gasteiger partial charge in [-0.05, 0) is 38.3 Å². The number of aromatic amines is 1. The molecule has 1 aliphatic heterocycles. The first-order valence-corrected chi connectivity index (χ1v) is 10.3. The van der Waals surface area contributed by atoms with Crippen LogP contribution in [-0.2, 0) is 10.7 Å². The van der Waals surface area contributed by atoms with Crippen molar-refractivity contribution in [1.82, 2.24) is 9.55 Å². The van der Waals surface area contributed by atoms with E-state index in [9.17, 15) is 37.1 Å². The summed E-state index contributed by atoms with van der Waals surface area (Å²) < 4.78 is 53.2. The van der Waals surface area contributed by atoms with E-state index in [1.165, 1.54) is 4.90 Å². The van der Waals surface area contributed by atoms with E-state index in [1.807, 2.05) is 0 Å². The fourth-order valence-corrected chi connectivity index (χ4v) is 3.95. The van der Waals surface area contributed by atoms with Gasteiger partial charge in [-0.25, -0.2) is 0 Å². The molecule has 1 unspecified atom stereocenters. The number of benzene rings is 1. The van der Waals surface area contributed by atoms with Crippen molar-refractivity contribution in [3.05, 3.63) is 38.4 Å². The number of nitrogens with one attached hydrogen (secondary N) is 1. The monoisotopic (exact) mass is 421 g/mol. The normalized spacial score (nSPS) is 17.1. The minimum atomic E-state index is -4.85. The van der Waals surface area contributed by atoms with Gasteiger partial charge >= 0.3 is 24.9 Å². The van der Waals surface area contributed by atoms with Crippen LogP contribution in [0, 0.1) is 0 Å². The van der Waals surface area contributed by atoms with Gasteiger partial charge in [0.15, 0.2) is 0 Å². The molecule has 3 rings (SSSR count). The first-order valence-electron chi connectivity index (χ1n) is 8.61. The van der Waals surface area contributed by atoms with Gasteiger partial charge in [0.2, 0.25) is 0 Å². The minimum Gasteiger partial charge on any atom is -0.371 e. The van der Waals surface area contributed by atoms with Crippen LogP contribution in [0.5, 0.6) is 0 Å². The van der Waals surface area contributed by atoms with Crippen LogP contribution in [0.25, 0.3) is 11.0 Å². The molecule has 28 heavy (non-hydrogen) atoms. The van der Waals surface area contributed by atoms with Gasteiger partial charge in [-0.1, -0.05) is 0 Å². The highest BCUT2D eigenvalue weighted by Gasteiger charge is 2.37. The molecule has 0 radical (unpaired) electrons. The van der Waals surface area contributed by atoms with Gasteiger partial charge in [-0.2, -0.15) is 13.2 Å². The Kier molecular flexibility index (Phi) is 5.20. The highest BCUT2D eigenvalue weighted by molar-refractivity contribution is 7.51. The second-order valence-corrected chi connectivity index (χ2v) is 8.71. The van der Waals surface area contributed by atoms with Crippen LogP contribution in [0.4, 0.5) is 18.9 Å². The standard InChI is InChI=1S/C16H19F3N3O5P/c1-9(28(25,26)27)22-13-8-12(21-5-3-2-4-6-21)10(16(17,18)19)7-11(13)20-14(23)15(22)24/h7-9H,2-6H2,1H3,(H,20,23)(H2,25,26,27). The average Bonchev–Trinajstić information content (AvgIpc) is 2.60. The summed E-state index contributed by atoms with van der Waals surface area (Å²) in [7, 11) is -4.85. The Hall–Kier alpha value is -2.10. The molecule has 0 saturated carbocycles. The van der Waals surface area contributed by atoms with Crippen molar-refractivity contribution in [1.29, 1.82) is 0 Å². The smallest absolute Gasteiger partial charge is 0.371 e. The zero-order valence-corrected chi connectivity index (χ0v) is 15.8. The van der Waals surface area contributed by atoms with E-state index < -0.39 is 36.2 Å². The molecule has 2 heterocycles. The van der Waals surface area contributed by atoms with Crippen molar-refractivity contribution in [3.63, 3.8) is 0 Å². The van der Waals surface area contributed by atoms with Gasteiger partial charge in [0.05, 0.1) is 22.3 Å². The van der Waals surface area contributed by atoms with Crippen molar-refractivity contribution in [2.75, 3.05) is 18.0 Å². The van der Waals surface area contributed by atoms with E-state index in [0.717, 1.165) is 19.4 Å². The van der Waals surface area contributed by atoms with E-state index in [2.05, 4.69) is 4.98 Å². The van der Waals surface area contributed by atoms with Gasteiger partial charge in [0.1, 0.15) is 5.78 Å². The van der Waals surface area contributed by atoms with Crippen molar-refractivity contribution in [3.8, 4) is 0 Å². The molecule has 0 bridgehead atoms. The van der Waals surface area contributed by atoms with Crippen molar-refractivity contribution in [2.45, 2.75) is 38.1 Å². The summed E-state index contributed by atoms with van der Waals surface area (Å²) in [6, 6.07) is 1.79. The Morgan fingerprint density at radius 3 is 2.29 bits per heavy atom. The van der Waals surface area contributed by atoms with Crippen LogP contribution < -0.4 is 16.0 Å². The molecule has 3 N–H and O–H groups in total. The lowest BCUT2D eigenvalue weighted by atomic mass is 10.1. The Labute approximate surface area is 156 Å². The predicted octanol–water partition coefficient (Wildman–Crippen LogP) is 2.40. The molecule has 1 aliphatic rings. The van der Waals surface area contributed by atoms with Crippen LogP contribution in [0.1, 0.15) is 37.5 Å². The maximum atomic E-state index is 13.6. The van der Waals surface area contributed by atoms with Gasteiger partial charge in [0, 0.05) is 13.1 Å². The fraction of sp³-hybridized carbons (Fsp3) is 0.500. The molecule has 1 aromatic heterocycles. The molecule has 0 amide bonds. The van der Waals surface area contributed by atoms with Gasteiger partial charge in [0.25, 0.3) is 0 Å². The van der Waals surface area contributed by atoms with Gasteiger partial charge < -0.3 is 19.7 Å². The number of fused-ring (bicyclic) bond motifs is 1. The molecular formula is C16H19F3N3O5P. The Balaban J connectivity index is 2.39. The number of halogens is 3. The molecule has 154 valence electrons. The summed E-state index contributed by atoms with van der Waals surface area (Å²) in [6.07, 6.45) is -2.42. The van der Waals surface area contributed by atoms with Crippen LogP contribution in [0.15, 0.2) is 21.7 Å². The SMILES string of the molecule is CC(n1c(=O)c(=O)[nH]c2cc(C(F)(F)F)c(N3CCCCC3)cc21)P(=O)(O)O. The lowest BCUT2D eigenvalue weighted by Crippen LogP contribution is -2.38. The number of hydrogen-bond acceptors (Lipinski definition) is 4. The number of hydrogen-bond donors (Lipinski definition) is 3. The molecule has 2 aromatic rings. The molecule has 8 nitrogen and oxygen atoms in total. The number of alkyl halides is 3. The summed E-state index contributed by atoms with van der Waals surface area (Å²) >= 11 is 0. The molecule has 1 atom stereocenters. The van der Waals surface area contributed by atoms with Crippen molar-refractivity contribution in [2.24, 2.45) is 0 Å². The Morgan fingerprint density at radius 1 is 1.14 bits per heavy atom. The van der Waals surface area contributed by atoms with Crippen molar-refractivity contribution < 1.29 is 27.5 Å². The summed E-state index contributed by atoms with van der Waals surface area (Å²) in [5.74, 6) is -1.71. The second-order valence-electron chi connectivity index (χ2n) is 6.78. The number of aromatic nitrogens is 2. The molecule has 1 saturated heterocycles. The van der Waals surface area contributed by atoms with E-state index >= 15 is 0 Å². The van der Waals surface area contributed by atoms with Gasteiger partial charge in [-0.15, -0.1) is 0 Å². The third-order valence-electron chi connectivity index (χ3n) is 4.90. The number of nitrogens with zero attached hydrogens (tertiary/aromatic N) is 2. The molecule has 0 spiro atoms. The largest absolute Gasteiger partial charge is 0.418 e. The Bertz CT molecular complexity index is 1070. The highest BCUT2D eigenvalue weighted by atomic mass is 31.2. The summed E-state index contributed by atoms with van der Waals surface area (Å²) in [5, 5.41) is 0. The maximum absolute atomic E-state index is 13.6. The first-order chi connectivity index (χ1) is 12.9. The quantitative estimate of drug-likeness (QED) is 0.518. The number of rotatable bonds is 3. The maximum Gasteiger partial charge on any atom is 0.418 e. The van der Waals surface area contributed by atoms with Crippen molar-refractivity contribution >= 4 is 24.3 Å². The second kappa shape index (κ2) is 7.06. The molecule has 1 aromatic carbocycles. The number of anilines is 1. The van der Waals surface area contributed by atoms with Gasteiger partial charge in [-0.3, -0.25) is 18.7 Å². The van der Waals surface area contributed by atoms with E-state index in [4.69, 9.17) is 0 Å². The van der Waals surface area contributed by atoms with Crippen LogP contribution in [0.2, 0.25) is 0 Å². The lowest BCUT2D eigenvalue weighted by Gasteiger charge is -2.31. The zero-order chi connectivity index (χ0) is 20.9. The fourth-order valence-electron chi connectivity index (χ4n) is 3.42. The summed E-state index contributed by atoms with van der Waals surface area (Å²) in [5.41, 5.74) is -4.16. The predicted molar refractivity (Wildman–Crippen MR) is 96.6 cm³/mol. The van der Waals surface area contributed by atoms with E-state index in [0.29, 0.717) is 36.6 Å². The van der Waals surface area contributed by atoms with E-state index in [1.54, 1.807) is 0 Å². The molecule has 12 heteroatoms. The summed E-state index contributed by atoms with van der Waals surface area (Å²) in [6.45, 7) is 1.81. The Morgan fingerprint density at radius 2 is 1.75 bits per heavy atom. The third-order valence-corrected chi connectivity index (χ3v) is 6.10. The third kappa shape index (κ3) is 3.74. The van der Waals surface area contributed by atoms with E-state index in [-0.39, 0.29) is 16.7 Å². The first kappa shape index (κ1) is 20.6. The zero-order valence-electron chi connectivity index (χ0n) is 14.9. The number of piperidine rings is 1. The average molecular weight is 421 g/mol. The van der Waals surface area contributed by atoms with Crippen LogP contribution in [0.3, 0.4) is 0 Å².